The predicted octanol–water partition coefficient (Wildman–Crippen LogP) is 1.03. The van der Waals surface area contributed by atoms with Crippen LogP contribution in [0.3, 0.4) is 0 Å². The van der Waals surface area contributed by atoms with Gasteiger partial charge in [-0.05, 0) is 17.7 Å². The van der Waals surface area contributed by atoms with Crippen LogP contribution in [0.2, 0.25) is 0 Å². The summed E-state index contributed by atoms with van der Waals surface area (Å²) in [5.74, 6) is 0. The van der Waals surface area contributed by atoms with E-state index in [1.54, 1.807) is 12.4 Å². The van der Waals surface area contributed by atoms with Gasteiger partial charge in [-0.25, -0.2) is 0 Å². The van der Waals surface area contributed by atoms with E-state index in [0.29, 0.717) is 5.57 Å². The minimum atomic E-state index is 0.701. The van der Waals surface area contributed by atoms with Gasteiger partial charge in [-0.15, -0.1) is 0 Å². The second-order valence-corrected chi connectivity index (χ2v) is 2.00. The molecule has 1 aromatic rings. The van der Waals surface area contributed by atoms with Crippen LogP contribution >= 0.6 is 0 Å². The van der Waals surface area contributed by atoms with Crippen LogP contribution in [-0.2, 0) is 0 Å². The second-order valence-electron chi connectivity index (χ2n) is 2.00. The van der Waals surface area contributed by atoms with Crippen LogP contribution in [0, 0.1) is 5.41 Å². The first kappa shape index (κ1) is 7.47. The summed E-state index contributed by atoms with van der Waals surface area (Å²) in [5, 5.41) is 7.00. The zero-order chi connectivity index (χ0) is 8.10. The molecule has 0 saturated heterocycles. The fourth-order valence-electron chi connectivity index (χ4n) is 0.772. The first-order chi connectivity index (χ1) is 5.38. The molecule has 0 bridgehead atoms. The summed E-state index contributed by atoms with van der Waals surface area (Å²) in [5.41, 5.74) is 6.90. The lowest BCUT2D eigenvalue weighted by Crippen LogP contribution is -1.89. The highest BCUT2D eigenvalue weighted by molar-refractivity contribution is 6.07. The quantitative estimate of drug-likeness (QED) is 0.614. The Labute approximate surface area is 65.1 Å². The molecule has 0 unspecified atom stereocenters. The van der Waals surface area contributed by atoms with Gasteiger partial charge in [-0.1, -0.05) is 0 Å². The Morgan fingerprint density at radius 2 is 2.09 bits per heavy atom. The summed E-state index contributed by atoms with van der Waals surface area (Å²) in [6.45, 7) is 0. The van der Waals surface area contributed by atoms with Gasteiger partial charge >= 0.3 is 0 Å². The first-order valence-electron chi connectivity index (χ1n) is 3.21. The number of nitrogens with one attached hydrogen (secondary N) is 1. The minimum Gasteiger partial charge on any atom is -0.404 e. The third-order valence-corrected chi connectivity index (χ3v) is 1.35. The van der Waals surface area contributed by atoms with Crippen LogP contribution < -0.4 is 5.73 Å². The summed E-state index contributed by atoms with van der Waals surface area (Å²) in [6.07, 6.45) is 5.96. The Morgan fingerprint density at radius 1 is 1.45 bits per heavy atom. The van der Waals surface area contributed by atoms with Crippen LogP contribution in [0.5, 0.6) is 0 Å². The normalized spacial score (nSPS) is 11.1. The minimum absolute atomic E-state index is 0.701. The van der Waals surface area contributed by atoms with Crippen LogP contribution in [0.25, 0.3) is 5.57 Å². The van der Waals surface area contributed by atoms with Crippen molar-refractivity contribution >= 4 is 11.8 Å². The summed E-state index contributed by atoms with van der Waals surface area (Å²) >= 11 is 0. The van der Waals surface area contributed by atoms with Crippen molar-refractivity contribution in [3.05, 3.63) is 36.3 Å². The average molecular weight is 147 g/mol. The largest absolute Gasteiger partial charge is 0.404 e. The number of hydrogen-bond acceptors (Lipinski definition) is 3. The molecule has 1 aromatic heterocycles. The lowest BCUT2D eigenvalue weighted by Gasteiger charge is -1.96. The number of rotatable bonds is 2. The smallest absolute Gasteiger partial charge is 0.0273 e. The Bertz CT molecular complexity index is 264. The van der Waals surface area contributed by atoms with Crippen molar-refractivity contribution in [2.24, 2.45) is 5.73 Å². The van der Waals surface area contributed by atoms with Crippen molar-refractivity contribution in [1.29, 1.82) is 5.41 Å². The molecule has 0 amide bonds. The number of allylic oxidation sites excluding steroid dienone is 1. The molecule has 0 spiro atoms. The Balaban J connectivity index is 3.01. The molecule has 1 rings (SSSR count). The van der Waals surface area contributed by atoms with Crippen molar-refractivity contribution in [2.45, 2.75) is 0 Å². The van der Waals surface area contributed by atoms with Gasteiger partial charge < -0.3 is 11.1 Å². The standard InChI is InChI=1S/C8H9N3/c9-5-8(6-10)7-1-3-11-4-2-7/h1-6,9H,10H2/b8-6+,9-5?. The van der Waals surface area contributed by atoms with Crippen LogP contribution in [0.15, 0.2) is 30.7 Å². The van der Waals surface area contributed by atoms with E-state index in [4.69, 9.17) is 11.1 Å². The number of nitrogens with zero attached hydrogens (tertiary/aromatic N) is 1. The fraction of sp³-hybridized carbons (Fsp3) is 0. The van der Waals surface area contributed by atoms with Crippen molar-refractivity contribution in [3.8, 4) is 0 Å². The van der Waals surface area contributed by atoms with Gasteiger partial charge in [0.25, 0.3) is 0 Å². The summed E-state index contributed by atoms with van der Waals surface area (Å²) < 4.78 is 0. The summed E-state index contributed by atoms with van der Waals surface area (Å²) in [7, 11) is 0. The van der Waals surface area contributed by atoms with Crippen molar-refractivity contribution < 1.29 is 0 Å². The number of aromatic nitrogens is 1. The molecule has 0 aromatic carbocycles. The van der Waals surface area contributed by atoms with Gasteiger partial charge in [-0.2, -0.15) is 0 Å². The van der Waals surface area contributed by atoms with E-state index in [1.165, 1.54) is 12.4 Å². The van der Waals surface area contributed by atoms with Gasteiger partial charge in [-0.3, -0.25) is 4.98 Å². The highest BCUT2D eigenvalue weighted by Crippen LogP contribution is 2.07. The maximum absolute atomic E-state index is 7.00. The fourth-order valence-corrected chi connectivity index (χ4v) is 0.772. The Kier molecular flexibility index (Phi) is 2.38. The molecule has 3 N–H and O–H groups in total. The third kappa shape index (κ3) is 1.64. The molecule has 0 aliphatic rings. The number of nitrogens with two attached hydrogens (primary N) is 1. The van der Waals surface area contributed by atoms with E-state index < -0.39 is 0 Å². The zero-order valence-electron chi connectivity index (χ0n) is 5.99. The van der Waals surface area contributed by atoms with Crippen molar-refractivity contribution in [2.75, 3.05) is 0 Å². The molecule has 3 nitrogen and oxygen atoms in total. The predicted molar refractivity (Wildman–Crippen MR) is 45.2 cm³/mol. The zero-order valence-corrected chi connectivity index (χ0v) is 5.99. The van der Waals surface area contributed by atoms with Gasteiger partial charge in [0.1, 0.15) is 0 Å². The maximum atomic E-state index is 7.00. The molecule has 0 aliphatic heterocycles. The summed E-state index contributed by atoms with van der Waals surface area (Å²) in [4.78, 5) is 3.85. The van der Waals surface area contributed by atoms with E-state index in [9.17, 15) is 0 Å². The molecule has 0 fully saturated rings. The molecule has 11 heavy (non-hydrogen) atoms. The van der Waals surface area contributed by atoms with E-state index >= 15 is 0 Å². The molecule has 56 valence electrons. The van der Waals surface area contributed by atoms with Gasteiger partial charge in [0, 0.05) is 30.4 Å². The topological polar surface area (TPSA) is 62.8 Å². The molecule has 1 heterocycles. The lowest BCUT2D eigenvalue weighted by atomic mass is 10.1. The highest BCUT2D eigenvalue weighted by Gasteiger charge is 1.93. The van der Waals surface area contributed by atoms with E-state index in [0.717, 1.165) is 5.56 Å². The summed E-state index contributed by atoms with van der Waals surface area (Å²) in [6, 6.07) is 3.62. The molecule has 0 saturated carbocycles. The third-order valence-electron chi connectivity index (χ3n) is 1.35. The lowest BCUT2D eigenvalue weighted by molar-refractivity contribution is 1.32. The SMILES string of the molecule is N=C/C(=C\N)c1ccncc1. The van der Waals surface area contributed by atoms with Crippen LogP contribution in [-0.4, -0.2) is 11.2 Å². The Hall–Kier alpha value is -1.64. The Morgan fingerprint density at radius 3 is 2.55 bits per heavy atom. The first-order valence-corrected chi connectivity index (χ1v) is 3.21. The molecule has 0 radical (unpaired) electrons. The second kappa shape index (κ2) is 3.51. The average Bonchev–Trinajstić information content (AvgIpc) is 2.09. The molecule has 0 atom stereocenters. The van der Waals surface area contributed by atoms with Crippen molar-refractivity contribution in [1.82, 2.24) is 4.98 Å². The molecular formula is C8H9N3. The van der Waals surface area contributed by atoms with Gasteiger partial charge in [0.15, 0.2) is 0 Å². The monoisotopic (exact) mass is 147 g/mol. The van der Waals surface area contributed by atoms with Gasteiger partial charge in [0.05, 0.1) is 0 Å². The van der Waals surface area contributed by atoms with Crippen LogP contribution in [0.1, 0.15) is 5.56 Å². The van der Waals surface area contributed by atoms with Crippen LogP contribution in [0.4, 0.5) is 0 Å². The molecule has 3 heteroatoms. The highest BCUT2D eigenvalue weighted by atomic mass is 14.6. The van der Waals surface area contributed by atoms with Gasteiger partial charge in [0.2, 0.25) is 0 Å². The van der Waals surface area contributed by atoms with Crippen molar-refractivity contribution in [3.63, 3.8) is 0 Å². The van der Waals surface area contributed by atoms with E-state index in [2.05, 4.69) is 4.98 Å². The molecule has 0 aliphatic carbocycles. The van der Waals surface area contributed by atoms with E-state index in [1.807, 2.05) is 12.1 Å². The van der Waals surface area contributed by atoms with E-state index in [-0.39, 0.29) is 0 Å². The molecular weight excluding hydrogens is 138 g/mol. The number of pyridine rings is 1. The maximum Gasteiger partial charge on any atom is 0.0273 e. The number of hydrogen-bond donors (Lipinski definition) is 2.